The second-order valence-electron chi connectivity index (χ2n) is 9.60. The van der Waals surface area contributed by atoms with Crippen molar-refractivity contribution < 1.29 is 19.1 Å². The summed E-state index contributed by atoms with van der Waals surface area (Å²) in [5.74, 6) is 0.527. The summed E-state index contributed by atoms with van der Waals surface area (Å²) in [7, 11) is 1.84. The summed E-state index contributed by atoms with van der Waals surface area (Å²) in [6.45, 7) is 5.31. The third kappa shape index (κ3) is 7.25. The van der Waals surface area contributed by atoms with Gasteiger partial charge in [-0.3, -0.25) is 9.59 Å². The molecule has 198 valence electrons. The van der Waals surface area contributed by atoms with Gasteiger partial charge in [0, 0.05) is 36.6 Å². The number of aromatic nitrogens is 1. The number of H-pyrrole nitrogens is 1. The molecule has 4 rings (SSSR count). The van der Waals surface area contributed by atoms with E-state index in [4.69, 9.17) is 9.47 Å². The SMILES string of the molecule is CCOC(=O)CCc1c(CC(=O)N(C)CCc2ccccc2)[nH]c2ccc(OCc3ccc(C)cc3)cc12. The molecule has 0 radical (unpaired) electrons. The number of rotatable bonds is 12. The zero-order valence-electron chi connectivity index (χ0n) is 22.5. The van der Waals surface area contributed by atoms with E-state index in [2.05, 4.69) is 48.3 Å². The second kappa shape index (κ2) is 13.0. The van der Waals surface area contributed by atoms with E-state index in [1.165, 1.54) is 11.1 Å². The Bertz CT molecular complexity index is 1360. The zero-order chi connectivity index (χ0) is 26.9. The molecule has 1 N–H and O–H groups in total. The number of carbonyl (C=O) groups is 2. The lowest BCUT2D eigenvalue weighted by Gasteiger charge is -2.17. The van der Waals surface area contributed by atoms with Crippen molar-refractivity contribution in [1.82, 2.24) is 9.88 Å². The summed E-state index contributed by atoms with van der Waals surface area (Å²) in [5, 5.41) is 0.963. The van der Waals surface area contributed by atoms with Crippen LogP contribution in [-0.4, -0.2) is 42.0 Å². The highest BCUT2D eigenvalue weighted by Gasteiger charge is 2.19. The molecule has 0 aliphatic heterocycles. The number of hydrogen-bond acceptors (Lipinski definition) is 4. The first-order valence-electron chi connectivity index (χ1n) is 13.2. The van der Waals surface area contributed by atoms with Crippen molar-refractivity contribution in [3.05, 3.63) is 101 Å². The van der Waals surface area contributed by atoms with E-state index in [-0.39, 0.29) is 24.7 Å². The number of likely N-dealkylation sites (N-methyl/N-ethyl adjacent to an activating group) is 1. The van der Waals surface area contributed by atoms with Crippen LogP contribution in [0.4, 0.5) is 0 Å². The van der Waals surface area contributed by atoms with Gasteiger partial charge >= 0.3 is 5.97 Å². The molecule has 0 fully saturated rings. The van der Waals surface area contributed by atoms with Gasteiger partial charge in [-0.05, 0) is 61.6 Å². The van der Waals surface area contributed by atoms with E-state index < -0.39 is 0 Å². The lowest BCUT2D eigenvalue weighted by atomic mass is 10.0. The summed E-state index contributed by atoms with van der Waals surface area (Å²) in [6, 6.07) is 24.3. The monoisotopic (exact) mass is 512 g/mol. The van der Waals surface area contributed by atoms with Crippen molar-refractivity contribution in [3.63, 3.8) is 0 Å². The molecule has 1 aromatic heterocycles. The van der Waals surface area contributed by atoms with Crippen LogP contribution >= 0.6 is 0 Å². The maximum absolute atomic E-state index is 13.1. The molecular weight excluding hydrogens is 476 g/mol. The minimum absolute atomic E-state index is 0.0284. The third-order valence-corrected chi connectivity index (χ3v) is 6.71. The Morgan fingerprint density at radius 2 is 1.68 bits per heavy atom. The van der Waals surface area contributed by atoms with Crippen molar-refractivity contribution in [2.24, 2.45) is 0 Å². The van der Waals surface area contributed by atoms with Gasteiger partial charge in [-0.25, -0.2) is 0 Å². The minimum atomic E-state index is -0.245. The Hall–Kier alpha value is -4.06. The molecule has 4 aromatic rings. The molecule has 0 atom stereocenters. The summed E-state index contributed by atoms with van der Waals surface area (Å²) in [6.07, 6.45) is 1.77. The topological polar surface area (TPSA) is 71.6 Å². The van der Waals surface area contributed by atoms with Crippen molar-refractivity contribution in [1.29, 1.82) is 0 Å². The van der Waals surface area contributed by atoms with Crippen LogP contribution < -0.4 is 4.74 Å². The number of aryl methyl sites for hydroxylation is 2. The molecule has 3 aromatic carbocycles. The van der Waals surface area contributed by atoms with Gasteiger partial charge in [0.25, 0.3) is 0 Å². The summed E-state index contributed by atoms with van der Waals surface area (Å²) < 4.78 is 11.2. The van der Waals surface area contributed by atoms with E-state index in [0.717, 1.165) is 39.9 Å². The Morgan fingerprint density at radius 3 is 2.42 bits per heavy atom. The van der Waals surface area contributed by atoms with Crippen molar-refractivity contribution >= 4 is 22.8 Å². The Morgan fingerprint density at radius 1 is 0.921 bits per heavy atom. The van der Waals surface area contributed by atoms with Gasteiger partial charge in [-0.1, -0.05) is 60.2 Å². The van der Waals surface area contributed by atoms with Crippen molar-refractivity contribution in [2.45, 2.75) is 46.1 Å². The van der Waals surface area contributed by atoms with Gasteiger partial charge in [0.15, 0.2) is 0 Å². The first-order chi connectivity index (χ1) is 18.4. The number of benzene rings is 3. The quantitative estimate of drug-likeness (QED) is 0.244. The average molecular weight is 513 g/mol. The van der Waals surface area contributed by atoms with E-state index in [1.54, 1.807) is 11.8 Å². The fourth-order valence-electron chi connectivity index (χ4n) is 4.47. The molecule has 0 saturated carbocycles. The van der Waals surface area contributed by atoms with E-state index >= 15 is 0 Å². The summed E-state index contributed by atoms with van der Waals surface area (Å²) in [5.41, 5.74) is 6.21. The predicted octanol–water partition coefficient (Wildman–Crippen LogP) is 5.79. The number of amides is 1. The minimum Gasteiger partial charge on any atom is -0.489 e. The predicted molar refractivity (Wildman–Crippen MR) is 150 cm³/mol. The fourth-order valence-corrected chi connectivity index (χ4v) is 4.47. The normalized spacial score (nSPS) is 10.9. The van der Waals surface area contributed by atoms with Gasteiger partial charge in [0.1, 0.15) is 12.4 Å². The van der Waals surface area contributed by atoms with Crippen LogP contribution in [0.1, 0.15) is 41.3 Å². The number of nitrogens with zero attached hydrogens (tertiary/aromatic N) is 1. The van der Waals surface area contributed by atoms with Crippen molar-refractivity contribution in [2.75, 3.05) is 20.2 Å². The fraction of sp³-hybridized carbons (Fsp3) is 0.312. The van der Waals surface area contributed by atoms with Crippen molar-refractivity contribution in [3.8, 4) is 5.75 Å². The largest absolute Gasteiger partial charge is 0.489 e. The second-order valence-corrected chi connectivity index (χ2v) is 9.60. The van der Waals surface area contributed by atoms with E-state index in [1.807, 2.05) is 43.4 Å². The van der Waals surface area contributed by atoms with Crippen LogP contribution in [0.15, 0.2) is 72.8 Å². The molecule has 0 aliphatic rings. The van der Waals surface area contributed by atoms with Gasteiger partial charge in [0.05, 0.1) is 13.0 Å². The first kappa shape index (κ1) is 27.0. The molecule has 6 heteroatoms. The zero-order valence-corrected chi connectivity index (χ0v) is 22.5. The van der Waals surface area contributed by atoms with Gasteiger partial charge < -0.3 is 19.4 Å². The molecule has 0 aliphatic carbocycles. The number of hydrogen-bond donors (Lipinski definition) is 1. The smallest absolute Gasteiger partial charge is 0.306 e. The summed E-state index contributed by atoms with van der Waals surface area (Å²) >= 11 is 0. The molecule has 0 unspecified atom stereocenters. The molecule has 1 amide bonds. The van der Waals surface area contributed by atoms with E-state index in [0.29, 0.717) is 26.2 Å². The Kier molecular flexibility index (Phi) is 9.20. The number of carbonyl (C=O) groups excluding carboxylic acids is 2. The molecule has 0 spiro atoms. The maximum atomic E-state index is 13.1. The van der Waals surface area contributed by atoms with Gasteiger partial charge in [-0.15, -0.1) is 0 Å². The average Bonchev–Trinajstić information content (AvgIpc) is 3.26. The highest BCUT2D eigenvalue weighted by atomic mass is 16.5. The first-order valence-corrected chi connectivity index (χ1v) is 13.2. The molecule has 0 saturated heterocycles. The third-order valence-electron chi connectivity index (χ3n) is 6.71. The van der Waals surface area contributed by atoms with Crippen LogP contribution in [0.2, 0.25) is 0 Å². The lowest BCUT2D eigenvalue weighted by Crippen LogP contribution is -2.30. The number of ether oxygens (including phenoxy) is 2. The molecule has 38 heavy (non-hydrogen) atoms. The van der Waals surface area contributed by atoms with Crippen LogP contribution in [0.25, 0.3) is 10.9 Å². The highest BCUT2D eigenvalue weighted by molar-refractivity contribution is 5.89. The van der Waals surface area contributed by atoms with Crippen LogP contribution in [0.5, 0.6) is 5.75 Å². The number of esters is 1. The van der Waals surface area contributed by atoms with Crippen LogP contribution in [0.3, 0.4) is 0 Å². The molecule has 0 bridgehead atoms. The van der Waals surface area contributed by atoms with Crippen LogP contribution in [0, 0.1) is 6.92 Å². The number of nitrogens with one attached hydrogen (secondary N) is 1. The highest BCUT2D eigenvalue weighted by Crippen LogP contribution is 2.29. The molecule has 6 nitrogen and oxygen atoms in total. The Labute approximate surface area is 224 Å². The standard InChI is InChI=1S/C32H36N2O4/c1-4-37-32(36)17-15-27-28-20-26(38-22-25-12-10-23(2)11-13-25)14-16-29(28)33-30(27)21-31(35)34(3)19-18-24-8-6-5-7-9-24/h5-14,16,20,33H,4,15,17-19,21-22H2,1-3H3. The maximum Gasteiger partial charge on any atom is 0.306 e. The van der Waals surface area contributed by atoms with E-state index in [9.17, 15) is 9.59 Å². The van der Waals surface area contributed by atoms with Gasteiger partial charge in [0.2, 0.25) is 5.91 Å². The summed E-state index contributed by atoms with van der Waals surface area (Å²) in [4.78, 5) is 30.5. The Balaban J connectivity index is 1.51. The number of fused-ring (bicyclic) bond motifs is 1. The van der Waals surface area contributed by atoms with Crippen LogP contribution in [-0.2, 0) is 40.2 Å². The van der Waals surface area contributed by atoms with Gasteiger partial charge in [-0.2, -0.15) is 0 Å². The molecule has 1 heterocycles. The number of aromatic amines is 1. The lowest BCUT2D eigenvalue weighted by molar-refractivity contribution is -0.143. The molecular formula is C32H36N2O4.